The number of furan rings is 1. The number of hydrogen-bond acceptors (Lipinski definition) is 3. The quantitative estimate of drug-likeness (QED) is 0.632. The Hall–Kier alpha value is -3.55. The van der Waals surface area contributed by atoms with Gasteiger partial charge in [0.05, 0.1) is 12.1 Å². The van der Waals surface area contributed by atoms with Crippen molar-refractivity contribution in [2.75, 3.05) is 6.54 Å². The summed E-state index contributed by atoms with van der Waals surface area (Å²) in [6.07, 6.45) is -0.0277. The molecule has 0 aliphatic carbocycles. The van der Waals surface area contributed by atoms with E-state index in [1.54, 1.807) is 24.3 Å². The SMILES string of the molecule is O=C(CCNC(=O)c1ccc(F)cc1F)NCc1ccc(-c2ccc(F)cc2)o1. The summed E-state index contributed by atoms with van der Waals surface area (Å²) >= 11 is 0. The Morgan fingerprint density at radius 3 is 2.31 bits per heavy atom. The number of rotatable bonds is 7. The first kappa shape index (κ1) is 20.2. The molecule has 0 aliphatic heterocycles. The number of halogens is 3. The molecule has 0 unspecified atom stereocenters. The summed E-state index contributed by atoms with van der Waals surface area (Å²) in [6, 6.07) is 11.9. The fraction of sp³-hybridized carbons (Fsp3) is 0.143. The minimum Gasteiger partial charge on any atom is -0.459 e. The number of nitrogens with one attached hydrogen (secondary N) is 2. The summed E-state index contributed by atoms with van der Waals surface area (Å²) < 4.78 is 45.0. The molecule has 2 aromatic carbocycles. The van der Waals surface area contributed by atoms with E-state index in [0.717, 1.165) is 12.1 Å². The van der Waals surface area contributed by atoms with Crippen LogP contribution >= 0.6 is 0 Å². The highest BCUT2D eigenvalue weighted by Gasteiger charge is 2.13. The third kappa shape index (κ3) is 5.47. The molecule has 0 saturated carbocycles. The molecular formula is C21H17F3N2O3. The Morgan fingerprint density at radius 1 is 0.862 bits per heavy atom. The summed E-state index contributed by atoms with van der Waals surface area (Å²) in [4.78, 5) is 23.7. The highest BCUT2D eigenvalue weighted by atomic mass is 19.1. The molecule has 1 aromatic heterocycles. The number of carbonyl (C=O) groups is 2. The van der Waals surface area contributed by atoms with Crippen LogP contribution in [0.4, 0.5) is 13.2 Å². The zero-order valence-corrected chi connectivity index (χ0v) is 15.2. The Bertz CT molecular complexity index is 1020. The van der Waals surface area contributed by atoms with Crippen molar-refractivity contribution in [3.8, 4) is 11.3 Å². The van der Waals surface area contributed by atoms with Gasteiger partial charge >= 0.3 is 0 Å². The van der Waals surface area contributed by atoms with Crippen LogP contribution < -0.4 is 10.6 Å². The zero-order chi connectivity index (χ0) is 20.8. The molecule has 0 bridgehead atoms. The molecule has 0 spiro atoms. The lowest BCUT2D eigenvalue weighted by Crippen LogP contribution is -2.30. The molecule has 5 nitrogen and oxygen atoms in total. The maximum absolute atomic E-state index is 13.5. The number of hydrogen-bond donors (Lipinski definition) is 2. The van der Waals surface area contributed by atoms with E-state index in [2.05, 4.69) is 10.6 Å². The largest absolute Gasteiger partial charge is 0.459 e. The maximum Gasteiger partial charge on any atom is 0.254 e. The van der Waals surface area contributed by atoms with Gasteiger partial charge in [0.15, 0.2) is 0 Å². The highest BCUT2D eigenvalue weighted by molar-refractivity contribution is 5.94. The Balaban J connectivity index is 1.43. The monoisotopic (exact) mass is 402 g/mol. The molecule has 3 aromatic rings. The van der Waals surface area contributed by atoms with Crippen molar-refractivity contribution in [1.29, 1.82) is 0 Å². The van der Waals surface area contributed by atoms with Crippen LogP contribution in [0.1, 0.15) is 22.5 Å². The Morgan fingerprint density at radius 2 is 1.59 bits per heavy atom. The normalized spacial score (nSPS) is 10.6. The molecule has 0 saturated heterocycles. The van der Waals surface area contributed by atoms with Gasteiger partial charge in [0.1, 0.15) is 29.0 Å². The van der Waals surface area contributed by atoms with Gasteiger partial charge in [0.25, 0.3) is 5.91 Å². The van der Waals surface area contributed by atoms with Crippen LogP contribution in [0.5, 0.6) is 0 Å². The van der Waals surface area contributed by atoms with E-state index in [9.17, 15) is 22.8 Å². The van der Waals surface area contributed by atoms with Crippen LogP contribution in [-0.2, 0) is 11.3 Å². The summed E-state index contributed by atoms with van der Waals surface area (Å²) in [5, 5.41) is 5.04. The maximum atomic E-state index is 13.5. The van der Waals surface area contributed by atoms with E-state index in [-0.39, 0.29) is 36.8 Å². The fourth-order valence-electron chi connectivity index (χ4n) is 2.57. The van der Waals surface area contributed by atoms with Crippen LogP contribution in [0.3, 0.4) is 0 Å². The first-order valence-electron chi connectivity index (χ1n) is 8.77. The van der Waals surface area contributed by atoms with Gasteiger partial charge in [-0.2, -0.15) is 0 Å². The van der Waals surface area contributed by atoms with Crippen LogP contribution in [0.2, 0.25) is 0 Å². The van der Waals surface area contributed by atoms with Gasteiger partial charge in [-0.1, -0.05) is 0 Å². The minimum atomic E-state index is -0.971. The molecule has 29 heavy (non-hydrogen) atoms. The molecule has 2 amide bonds. The van der Waals surface area contributed by atoms with Crippen molar-refractivity contribution in [3.05, 3.63) is 83.4 Å². The molecule has 0 fully saturated rings. The van der Waals surface area contributed by atoms with Crippen molar-refractivity contribution in [2.45, 2.75) is 13.0 Å². The average Bonchev–Trinajstić information content (AvgIpc) is 3.16. The minimum absolute atomic E-state index is 0.0134. The molecular weight excluding hydrogens is 385 g/mol. The van der Waals surface area contributed by atoms with E-state index in [1.165, 1.54) is 12.1 Å². The molecule has 150 valence electrons. The number of amides is 2. The predicted octanol–water partition coefficient (Wildman–Crippen LogP) is 3.80. The molecule has 0 atom stereocenters. The van der Waals surface area contributed by atoms with E-state index in [4.69, 9.17) is 4.42 Å². The van der Waals surface area contributed by atoms with Crippen molar-refractivity contribution < 1.29 is 27.2 Å². The Labute approximate surface area is 164 Å². The molecule has 2 N–H and O–H groups in total. The van der Waals surface area contributed by atoms with Crippen molar-refractivity contribution in [1.82, 2.24) is 10.6 Å². The van der Waals surface area contributed by atoms with E-state index >= 15 is 0 Å². The standard InChI is InChI=1S/C21H17F3N2O3/c22-14-3-1-13(2-4-14)19-8-6-16(29-19)12-26-20(27)9-10-25-21(28)17-7-5-15(23)11-18(17)24/h1-8,11H,9-10,12H2,(H,25,28)(H,26,27). The van der Waals surface area contributed by atoms with Gasteiger partial charge in [-0.15, -0.1) is 0 Å². The highest BCUT2D eigenvalue weighted by Crippen LogP contribution is 2.22. The van der Waals surface area contributed by atoms with Gasteiger partial charge in [-0.05, 0) is 48.5 Å². The fourth-order valence-corrected chi connectivity index (χ4v) is 2.57. The second-order valence-corrected chi connectivity index (χ2v) is 6.18. The van der Waals surface area contributed by atoms with Gasteiger partial charge < -0.3 is 15.1 Å². The number of benzene rings is 2. The molecule has 0 radical (unpaired) electrons. The summed E-state index contributed by atoms with van der Waals surface area (Å²) in [5.41, 5.74) is 0.412. The Kier molecular flexibility index (Phi) is 6.33. The molecule has 0 aliphatic rings. The van der Waals surface area contributed by atoms with Crippen LogP contribution in [0.25, 0.3) is 11.3 Å². The van der Waals surface area contributed by atoms with Gasteiger partial charge in [-0.3, -0.25) is 9.59 Å². The molecule has 8 heteroatoms. The van der Waals surface area contributed by atoms with Crippen LogP contribution in [0, 0.1) is 17.5 Å². The van der Waals surface area contributed by atoms with Crippen molar-refractivity contribution in [2.24, 2.45) is 0 Å². The second-order valence-electron chi connectivity index (χ2n) is 6.18. The van der Waals surface area contributed by atoms with Crippen LogP contribution in [-0.4, -0.2) is 18.4 Å². The summed E-state index contributed by atoms with van der Waals surface area (Å²) in [5.74, 6) is -2.12. The number of carbonyl (C=O) groups excluding carboxylic acids is 2. The first-order valence-corrected chi connectivity index (χ1v) is 8.77. The molecule has 3 rings (SSSR count). The van der Waals surface area contributed by atoms with Gasteiger partial charge in [0.2, 0.25) is 5.91 Å². The lowest BCUT2D eigenvalue weighted by Gasteiger charge is -2.07. The third-order valence-corrected chi connectivity index (χ3v) is 4.06. The lowest BCUT2D eigenvalue weighted by atomic mass is 10.2. The topological polar surface area (TPSA) is 71.3 Å². The van der Waals surface area contributed by atoms with Crippen molar-refractivity contribution in [3.63, 3.8) is 0 Å². The third-order valence-electron chi connectivity index (χ3n) is 4.06. The van der Waals surface area contributed by atoms with E-state index < -0.39 is 17.5 Å². The zero-order valence-electron chi connectivity index (χ0n) is 15.2. The molecule has 1 heterocycles. The lowest BCUT2D eigenvalue weighted by molar-refractivity contribution is -0.121. The van der Waals surface area contributed by atoms with Crippen LogP contribution in [0.15, 0.2) is 59.0 Å². The van der Waals surface area contributed by atoms with Gasteiger partial charge in [-0.25, -0.2) is 13.2 Å². The van der Waals surface area contributed by atoms with E-state index in [0.29, 0.717) is 23.2 Å². The predicted molar refractivity (Wildman–Crippen MR) is 99.3 cm³/mol. The smallest absolute Gasteiger partial charge is 0.254 e. The first-order chi connectivity index (χ1) is 13.9. The second kappa shape index (κ2) is 9.09. The summed E-state index contributed by atoms with van der Waals surface area (Å²) in [6.45, 7) is 0.126. The van der Waals surface area contributed by atoms with Gasteiger partial charge in [0, 0.05) is 24.6 Å². The van der Waals surface area contributed by atoms with E-state index in [1.807, 2.05) is 0 Å². The summed E-state index contributed by atoms with van der Waals surface area (Å²) in [7, 11) is 0. The average molecular weight is 402 g/mol. The van der Waals surface area contributed by atoms with Crippen molar-refractivity contribution >= 4 is 11.8 Å².